The summed E-state index contributed by atoms with van der Waals surface area (Å²) in [5.41, 5.74) is 4.68. The van der Waals surface area contributed by atoms with Gasteiger partial charge >= 0.3 is 0 Å². The second kappa shape index (κ2) is 8.08. The molecule has 5 nitrogen and oxygen atoms in total. The van der Waals surface area contributed by atoms with Gasteiger partial charge in [0, 0.05) is 29.2 Å². The molecule has 1 amide bonds. The van der Waals surface area contributed by atoms with Crippen molar-refractivity contribution in [2.75, 3.05) is 7.11 Å². The molecule has 0 atom stereocenters. The fourth-order valence-corrected chi connectivity index (χ4v) is 2.57. The number of amides is 1. The summed E-state index contributed by atoms with van der Waals surface area (Å²) in [6.45, 7) is 0. The summed E-state index contributed by atoms with van der Waals surface area (Å²) in [5, 5.41) is 4.68. The summed E-state index contributed by atoms with van der Waals surface area (Å²) >= 11 is 11.7. The lowest BCUT2D eigenvalue weighted by molar-refractivity contribution is 0.0955. The van der Waals surface area contributed by atoms with Crippen LogP contribution in [0.1, 0.15) is 15.9 Å². The number of benzene rings is 2. The molecular formula is C19H15Cl2N3O2. The van der Waals surface area contributed by atoms with E-state index in [9.17, 15) is 4.79 Å². The van der Waals surface area contributed by atoms with Crippen molar-refractivity contribution in [1.29, 1.82) is 0 Å². The third kappa shape index (κ3) is 4.25. The Morgan fingerprint density at radius 3 is 2.58 bits per heavy atom. The summed E-state index contributed by atoms with van der Waals surface area (Å²) < 4.78 is 7.10. The zero-order valence-corrected chi connectivity index (χ0v) is 15.3. The normalized spacial score (nSPS) is 10.9. The molecule has 0 spiro atoms. The Kier molecular flexibility index (Phi) is 5.61. The van der Waals surface area contributed by atoms with Crippen LogP contribution in [0.2, 0.25) is 10.0 Å². The Hall–Kier alpha value is -2.76. The first-order chi connectivity index (χ1) is 12.6. The second-order valence-electron chi connectivity index (χ2n) is 5.38. The SMILES string of the molecule is COc1ccc(-n2ccc(/C=N\NC(=O)c3ccc(Cl)c(Cl)c3)c2)cc1. The van der Waals surface area contributed by atoms with E-state index in [4.69, 9.17) is 27.9 Å². The van der Waals surface area contributed by atoms with Crippen LogP contribution in [0.4, 0.5) is 0 Å². The maximum atomic E-state index is 12.0. The molecule has 1 N–H and O–H groups in total. The van der Waals surface area contributed by atoms with Gasteiger partial charge in [-0.15, -0.1) is 0 Å². The number of methoxy groups -OCH3 is 1. The van der Waals surface area contributed by atoms with Gasteiger partial charge in [-0.25, -0.2) is 5.43 Å². The Balaban J connectivity index is 1.64. The number of hydrogen-bond donors (Lipinski definition) is 1. The molecule has 0 aliphatic carbocycles. The highest BCUT2D eigenvalue weighted by Crippen LogP contribution is 2.22. The molecule has 3 aromatic rings. The zero-order valence-electron chi connectivity index (χ0n) is 13.8. The van der Waals surface area contributed by atoms with Crippen molar-refractivity contribution in [3.05, 3.63) is 82.1 Å². The van der Waals surface area contributed by atoms with Crippen LogP contribution < -0.4 is 10.2 Å². The van der Waals surface area contributed by atoms with Crippen LogP contribution >= 0.6 is 23.2 Å². The van der Waals surface area contributed by atoms with Gasteiger partial charge in [-0.2, -0.15) is 5.10 Å². The molecule has 0 saturated heterocycles. The maximum Gasteiger partial charge on any atom is 0.271 e. The summed E-state index contributed by atoms with van der Waals surface area (Å²) in [6.07, 6.45) is 5.37. The molecule has 0 fully saturated rings. The van der Waals surface area contributed by atoms with Crippen LogP contribution in [0.25, 0.3) is 5.69 Å². The van der Waals surface area contributed by atoms with E-state index < -0.39 is 0 Å². The number of nitrogens with zero attached hydrogens (tertiary/aromatic N) is 2. The first-order valence-corrected chi connectivity index (χ1v) is 8.43. The lowest BCUT2D eigenvalue weighted by atomic mass is 10.2. The lowest BCUT2D eigenvalue weighted by Gasteiger charge is -2.04. The predicted octanol–water partition coefficient (Wildman–Crippen LogP) is 4.56. The third-order valence-electron chi connectivity index (χ3n) is 3.65. The Labute approximate surface area is 160 Å². The molecule has 0 aliphatic heterocycles. The van der Waals surface area contributed by atoms with Gasteiger partial charge in [0.25, 0.3) is 5.91 Å². The first-order valence-electron chi connectivity index (χ1n) is 7.68. The average Bonchev–Trinajstić information content (AvgIpc) is 3.13. The van der Waals surface area contributed by atoms with E-state index in [1.807, 2.05) is 47.3 Å². The number of carbonyl (C=O) groups is 1. The van der Waals surface area contributed by atoms with Gasteiger partial charge in [0.1, 0.15) is 5.75 Å². The molecule has 7 heteroatoms. The molecular weight excluding hydrogens is 373 g/mol. The molecule has 0 radical (unpaired) electrons. The number of nitrogens with one attached hydrogen (secondary N) is 1. The van der Waals surface area contributed by atoms with Crippen LogP contribution in [0.5, 0.6) is 5.75 Å². The van der Waals surface area contributed by atoms with E-state index in [0.717, 1.165) is 17.0 Å². The van der Waals surface area contributed by atoms with Gasteiger partial charge in [-0.05, 0) is 48.5 Å². The fourth-order valence-electron chi connectivity index (χ4n) is 2.27. The number of rotatable bonds is 5. The van der Waals surface area contributed by atoms with Gasteiger partial charge in [0.2, 0.25) is 0 Å². The van der Waals surface area contributed by atoms with Gasteiger partial charge in [0.05, 0.1) is 23.4 Å². The summed E-state index contributed by atoms with van der Waals surface area (Å²) in [4.78, 5) is 12.0. The highest BCUT2D eigenvalue weighted by atomic mass is 35.5. The quantitative estimate of drug-likeness (QED) is 0.515. The number of halogens is 2. The van der Waals surface area contributed by atoms with Crippen molar-refractivity contribution in [1.82, 2.24) is 9.99 Å². The molecule has 0 aliphatic rings. The number of aromatic nitrogens is 1. The molecule has 2 aromatic carbocycles. The maximum absolute atomic E-state index is 12.0. The number of hydrazone groups is 1. The van der Waals surface area contributed by atoms with E-state index in [1.54, 1.807) is 25.5 Å². The zero-order chi connectivity index (χ0) is 18.5. The van der Waals surface area contributed by atoms with E-state index >= 15 is 0 Å². The molecule has 0 bridgehead atoms. The summed E-state index contributed by atoms with van der Waals surface area (Å²) in [7, 11) is 1.63. The molecule has 26 heavy (non-hydrogen) atoms. The number of hydrogen-bond acceptors (Lipinski definition) is 3. The Morgan fingerprint density at radius 2 is 1.88 bits per heavy atom. The highest BCUT2D eigenvalue weighted by molar-refractivity contribution is 6.42. The minimum Gasteiger partial charge on any atom is -0.497 e. The van der Waals surface area contributed by atoms with E-state index in [-0.39, 0.29) is 5.91 Å². The highest BCUT2D eigenvalue weighted by Gasteiger charge is 2.07. The van der Waals surface area contributed by atoms with Gasteiger partial charge in [-0.1, -0.05) is 23.2 Å². The minimum absolute atomic E-state index is 0.319. The standard InChI is InChI=1S/C19H15Cl2N3O2/c1-26-16-5-3-15(4-6-16)24-9-8-13(12-24)11-22-23-19(25)14-2-7-17(20)18(21)10-14/h2-12H,1H3,(H,23,25)/b22-11-. The van der Waals surface area contributed by atoms with Crippen LogP contribution in [0.15, 0.2) is 66.0 Å². The van der Waals surface area contributed by atoms with E-state index in [0.29, 0.717) is 15.6 Å². The molecule has 3 rings (SSSR count). The molecule has 0 unspecified atom stereocenters. The predicted molar refractivity (Wildman–Crippen MR) is 104 cm³/mol. The molecule has 132 valence electrons. The van der Waals surface area contributed by atoms with Crippen molar-refractivity contribution >= 4 is 35.3 Å². The van der Waals surface area contributed by atoms with Gasteiger partial charge < -0.3 is 9.30 Å². The average molecular weight is 388 g/mol. The van der Waals surface area contributed by atoms with Crippen molar-refractivity contribution in [2.45, 2.75) is 0 Å². The van der Waals surface area contributed by atoms with Crippen molar-refractivity contribution in [2.24, 2.45) is 5.10 Å². The van der Waals surface area contributed by atoms with Crippen LogP contribution in [0, 0.1) is 0 Å². The van der Waals surface area contributed by atoms with Crippen molar-refractivity contribution < 1.29 is 9.53 Å². The summed E-state index contributed by atoms with van der Waals surface area (Å²) in [5.74, 6) is 0.433. The fraction of sp³-hybridized carbons (Fsp3) is 0.0526. The number of ether oxygens (including phenoxy) is 1. The third-order valence-corrected chi connectivity index (χ3v) is 4.39. The van der Waals surface area contributed by atoms with Crippen LogP contribution in [-0.4, -0.2) is 23.8 Å². The summed E-state index contributed by atoms with van der Waals surface area (Å²) in [6, 6.07) is 14.2. The van der Waals surface area contributed by atoms with Gasteiger partial charge in [0.15, 0.2) is 0 Å². The molecule has 1 aromatic heterocycles. The van der Waals surface area contributed by atoms with Gasteiger partial charge in [-0.3, -0.25) is 4.79 Å². The van der Waals surface area contributed by atoms with Crippen molar-refractivity contribution in [3.63, 3.8) is 0 Å². The smallest absolute Gasteiger partial charge is 0.271 e. The van der Waals surface area contributed by atoms with E-state index in [1.165, 1.54) is 6.07 Å². The van der Waals surface area contributed by atoms with Crippen LogP contribution in [-0.2, 0) is 0 Å². The second-order valence-corrected chi connectivity index (χ2v) is 6.19. The Morgan fingerprint density at radius 1 is 1.12 bits per heavy atom. The Bertz CT molecular complexity index is 950. The molecule has 0 saturated carbocycles. The number of carbonyl (C=O) groups excluding carboxylic acids is 1. The molecule has 1 heterocycles. The lowest BCUT2D eigenvalue weighted by Crippen LogP contribution is -2.17. The first kappa shape index (κ1) is 18.0. The topological polar surface area (TPSA) is 55.6 Å². The van der Waals surface area contributed by atoms with E-state index in [2.05, 4.69) is 10.5 Å². The van der Waals surface area contributed by atoms with Crippen molar-refractivity contribution in [3.8, 4) is 11.4 Å². The monoisotopic (exact) mass is 387 g/mol. The largest absolute Gasteiger partial charge is 0.497 e. The van der Waals surface area contributed by atoms with Crippen LogP contribution in [0.3, 0.4) is 0 Å². The minimum atomic E-state index is -0.366.